The third-order valence-electron chi connectivity index (χ3n) is 7.27. The number of nitrogens with zero attached hydrogens (tertiary/aromatic N) is 3. The van der Waals surface area contributed by atoms with Crippen LogP contribution in [0.15, 0.2) is 109 Å². The summed E-state index contributed by atoms with van der Waals surface area (Å²) >= 11 is 5.95. The third-order valence-corrected chi connectivity index (χ3v) is 7.59. The molecule has 6 heteroatoms. The minimum absolute atomic E-state index is 0.0834. The summed E-state index contributed by atoms with van der Waals surface area (Å²) in [4.78, 5) is 6.92. The second-order valence-corrected chi connectivity index (χ2v) is 10.3. The molecule has 1 N–H and O–H groups in total. The average Bonchev–Trinajstić information content (AvgIpc) is 3.46. The van der Waals surface area contributed by atoms with E-state index in [4.69, 9.17) is 21.9 Å². The number of benzene rings is 3. The van der Waals surface area contributed by atoms with Crippen molar-refractivity contribution in [3.8, 4) is 17.2 Å². The summed E-state index contributed by atoms with van der Waals surface area (Å²) in [5.74, 6) is 1.59. The second kappa shape index (κ2) is 10.4. The highest BCUT2D eigenvalue weighted by Crippen LogP contribution is 2.44. The fourth-order valence-corrected chi connectivity index (χ4v) is 5.77. The maximum absolute atomic E-state index is 6.09. The Labute approximate surface area is 234 Å². The zero-order valence-corrected chi connectivity index (χ0v) is 23.0. The van der Waals surface area contributed by atoms with Crippen molar-refractivity contribution in [3.05, 3.63) is 138 Å². The normalized spacial score (nSPS) is 16.8. The average molecular weight is 531 g/mol. The van der Waals surface area contributed by atoms with E-state index in [2.05, 4.69) is 84.1 Å². The SMILES string of the molecule is Cc1ccc(Oc2ccc(N3C(=S)N[C@H](c4ccccn4)[C@H]3c3cc(C)n(-c4ccccc4)c3C)cc2)cc1. The van der Waals surface area contributed by atoms with Gasteiger partial charge in [-0.05, 0) is 105 Å². The molecule has 194 valence electrons. The number of rotatable bonds is 6. The van der Waals surface area contributed by atoms with Crippen LogP contribution in [0.1, 0.15) is 40.3 Å². The van der Waals surface area contributed by atoms with Crippen LogP contribution >= 0.6 is 12.2 Å². The molecule has 5 aromatic rings. The molecule has 1 saturated heterocycles. The number of thiocarbonyl (C=S) groups is 1. The molecule has 3 aromatic carbocycles. The summed E-state index contributed by atoms with van der Waals surface area (Å²) in [5.41, 5.74) is 7.86. The lowest BCUT2D eigenvalue weighted by molar-refractivity contribution is 0.482. The molecule has 6 rings (SSSR count). The van der Waals surface area contributed by atoms with Crippen LogP contribution in [0.4, 0.5) is 5.69 Å². The Morgan fingerprint density at radius 3 is 2.10 bits per heavy atom. The molecule has 0 saturated carbocycles. The maximum Gasteiger partial charge on any atom is 0.174 e. The van der Waals surface area contributed by atoms with E-state index in [-0.39, 0.29) is 12.1 Å². The van der Waals surface area contributed by atoms with Gasteiger partial charge in [-0.3, -0.25) is 4.98 Å². The Morgan fingerprint density at radius 2 is 1.44 bits per heavy atom. The molecule has 2 aromatic heterocycles. The molecular weight excluding hydrogens is 500 g/mol. The third kappa shape index (κ3) is 4.79. The van der Waals surface area contributed by atoms with Crippen molar-refractivity contribution in [2.45, 2.75) is 32.9 Å². The van der Waals surface area contributed by atoms with Crippen molar-refractivity contribution < 1.29 is 4.74 Å². The summed E-state index contributed by atoms with van der Waals surface area (Å²) < 4.78 is 8.40. The topological polar surface area (TPSA) is 42.3 Å². The zero-order valence-electron chi connectivity index (χ0n) is 22.2. The van der Waals surface area contributed by atoms with Crippen molar-refractivity contribution in [1.82, 2.24) is 14.9 Å². The van der Waals surface area contributed by atoms with E-state index in [1.807, 2.05) is 60.8 Å². The van der Waals surface area contributed by atoms with Crippen LogP contribution in [-0.4, -0.2) is 14.7 Å². The van der Waals surface area contributed by atoms with Gasteiger partial charge in [0.2, 0.25) is 0 Å². The summed E-state index contributed by atoms with van der Waals surface area (Å²) in [6, 6.07) is 34.8. The monoisotopic (exact) mass is 530 g/mol. The highest BCUT2D eigenvalue weighted by Gasteiger charge is 2.42. The summed E-state index contributed by atoms with van der Waals surface area (Å²) in [6.45, 7) is 6.40. The Balaban J connectivity index is 1.40. The number of aromatic nitrogens is 2. The number of nitrogens with one attached hydrogen (secondary N) is 1. The van der Waals surface area contributed by atoms with Gasteiger partial charge in [0, 0.05) is 29.0 Å². The lowest BCUT2D eigenvalue weighted by Gasteiger charge is -2.28. The van der Waals surface area contributed by atoms with Crippen molar-refractivity contribution >= 4 is 23.0 Å². The van der Waals surface area contributed by atoms with Gasteiger partial charge in [0.25, 0.3) is 0 Å². The number of ether oxygens (including phenoxy) is 1. The lowest BCUT2D eigenvalue weighted by atomic mass is 9.96. The molecule has 1 fully saturated rings. The van der Waals surface area contributed by atoms with E-state index in [9.17, 15) is 0 Å². The van der Waals surface area contributed by atoms with Gasteiger partial charge in [-0.25, -0.2) is 0 Å². The molecule has 5 nitrogen and oxygen atoms in total. The smallest absolute Gasteiger partial charge is 0.174 e. The fourth-order valence-electron chi connectivity index (χ4n) is 5.43. The quantitative estimate of drug-likeness (QED) is 0.227. The molecule has 3 heterocycles. The van der Waals surface area contributed by atoms with Crippen LogP contribution < -0.4 is 15.0 Å². The molecule has 0 aliphatic carbocycles. The molecule has 2 atom stereocenters. The number of hydrogen-bond donors (Lipinski definition) is 1. The Kier molecular flexibility index (Phi) is 6.63. The predicted molar refractivity (Wildman–Crippen MR) is 161 cm³/mol. The van der Waals surface area contributed by atoms with Crippen molar-refractivity contribution in [2.75, 3.05) is 4.90 Å². The standard InChI is InChI=1S/C33H30N4OS/c1-22-12-16-27(17-13-22)38-28-18-14-26(15-19-28)37-32(31(35-33(37)39)30-11-7-8-20-34-30)29-21-23(2)36(24(29)3)25-9-5-4-6-10-25/h4-21,31-32H,1-3H3,(H,35,39)/t31-,32-/m1/s1. The van der Waals surface area contributed by atoms with Gasteiger partial charge in [0.15, 0.2) is 5.11 Å². The van der Waals surface area contributed by atoms with E-state index in [0.29, 0.717) is 5.11 Å². The van der Waals surface area contributed by atoms with Gasteiger partial charge in [0.05, 0.1) is 17.8 Å². The van der Waals surface area contributed by atoms with Crippen LogP contribution in [0.5, 0.6) is 11.5 Å². The molecule has 0 spiro atoms. The first-order valence-electron chi connectivity index (χ1n) is 13.1. The van der Waals surface area contributed by atoms with Gasteiger partial charge in [-0.15, -0.1) is 0 Å². The van der Waals surface area contributed by atoms with E-state index in [0.717, 1.165) is 28.6 Å². The highest BCUT2D eigenvalue weighted by molar-refractivity contribution is 7.80. The van der Waals surface area contributed by atoms with Gasteiger partial charge in [0.1, 0.15) is 11.5 Å². The van der Waals surface area contributed by atoms with E-state index in [1.54, 1.807) is 0 Å². The van der Waals surface area contributed by atoms with Gasteiger partial charge >= 0.3 is 0 Å². The Bertz CT molecular complexity index is 1600. The highest BCUT2D eigenvalue weighted by atomic mass is 32.1. The van der Waals surface area contributed by atoms with Crippen LogP contribution in [0, 0.1) is 20.8 Å². The first-order valence-corrected chi connectivity index (χ1v) is 13.5. The van der Waals surface area contributed by atoms with Crippen LogP contribution in [0.25, 0.3) is 5.69 Å². The molecule has 0 radical (unpaired) electrons. The molecule has 0 amide bonds. The Hall–Kier alpha value is -4.42. The number of para-hydroxylation sites is 1. The first kappa shape index (κ1) is 24.9. The number of aryl methyl sites for hydroxylation is 2. The molecule has 39 heavy (non-hydrogen) atoms. The van der Waals surface area contributed by atoms with E-state index in [1.165, 1.54) is 22.5 Å². The van der Waals surface area contributed by atoms with Gasteiger partial charge in [-0.1, -0.05) is 42.0 Å². The zero-order chi connectivity index (χ0) is 26.9. The molecule has 0 unspecified atom stereocenters. The first-order chi connectivity index (χ1) is 19.0. The van der Waals surface area contributed by atoms with Crippen LogP contribution in [0.2, 0.25) is 0 Å². The number of pyridine rings is 1. The molecular formula is C33H30N4OS. The second-order valence-electron chi connectivity index (χ2n) is 9.90. The van der Waals surface area contributed by atoms with Crippen LogP contribution in [-0.2, 0) is 0 Å². The molecule has 1 aliphatic rings. The fraction of sp³-hybridized carbons (Fsp3) is 0.152. The van der Waals surface area contributed by atoms with E-state index < -0.39 is 0 Å². The van der Waals surface area contributed by atoms with E-state index >= 15 is 0 Å². The van der Waals surface area contributed by atoms with Gasteiger partial charge < -0.3 is 19.5 Å². The summed E-state index contributed by atoms with van der Waals surface area (Å²) in [7, 11) is 0. The van der Waals surface area contributed by atoms with Crippen molar-refractivity contribution in [3.63, 3.8) is 0 Å². The maximum atomic E-state index is 6.09. The largest absolute Gasteiger partial charge is 0.457 e. The predicted octanol–water partition coefficient (Wildman–Crippen LogP) is 7.77. The van der Waals surface area contributed by atoms with Gasteiger partial charge in [-0.2, -0.15) is 0 Å². The molecule has 1 aliphatic heterocycles. The molecule has 0 bridgehead atoms. The van der Waals surface area contributed by atoms with Crippen molar-refractivity contribution in [2.24, 2.45) is 0 Å². The summed E-state index contributed by atoms with van der Waals surface area (Å²) in [5, 5.41) is 4.25. The van der Waals surface area contributed by atoms with Crippen molar-refractivity contribution in [1.29, 1.82) is 0 Å². The number of hydrogen-bond acceptors (Lipinski definition) is 3. The number of anilines is 1. The minimum atomic E-state index is -0.105. The Morgan fingerprint density at radius 1 is 0.769 bits per heavy atom. The minimum Gasteiger partial charge on any atom is -0.457 e. The lowest BCUT2D eigenvalue weighted by Crippen LogP contribution is -2.29. The summed E-state index contributed by atoms with van der Waals surface area (Å²) in [6.07, 6.45) is 1.84. The van der Waals surface area contributed by atoms with Crippen LogP contribution in [0.3, 0.4) is 0 Å².